The molecule has 1 saturated heterocycles. The minimum absolute atomic E-state index is 0.0867. The number of aromatic nitrogens is 1. The summed E-state index contributed by atoms with van der Waals surface area (Å²) in [5.74, 6) is 0.0867. The Balaban J connectivity index is 2.17. The average Bonchev–Trinajstić information content (AvgIpc) is 2.49. The topological polar surface area (TPSA) is 74.1 Å². The van der Waals surface area contributed by atoms with E-state index in [1.807, 2.05) is 4.90 Å². The predicted molar refractivity (Wildman–Crippen MR) is 86.9 cm³/mol. The third-order valence-electron chi connectivity index (χ3n) is 3.97. The third kappa shape index (κ3) is 2.51. The lowest BCUT2D eigenvalue weighted by molar-refractivity contribution is 0.569. The van der Waals surface area contributed by atoms with Crippen LogP contribution >= 0.6 is 11.6 Å². The van der Waals surface area contributed by atoms with Crippen molar-refractivity contribution in [2.75, 3.05) is 23.7 Å². The predicted octanol–water partition coefficient (Wildman–Crippen LogP) is 2.38. The monoisotopic (exact) mass is 335 g/mol. The van der Waals surface area contributed by atoms with Gasteiger partial charge in [-0.3, -0.25) is 4.98 Å². The van der Waals surface area contributed by atoms with Crippen LogP contribution in [0.1, 0.15) is 12.5 Å². The van der Waals surface area contributed by atoms with Crippen LogP contribution in [0.3, 0.4) is 0 Å². The van der Waals surface area contributed by atoms with Crippen molar-refractivity contribution < 1.29 is 8.42 Å². The number of benzene rings is 1. The zero-order chi connectivity index (χ0) is 15.9. The van der Waals surface area contributed by atoms with Crippen molar-refractivity contribution in [1.82, 2.24) is 4.98 Å². The first-order chi connectivity index (χ1) is 10.4. The second-order valence-electron chi connectivity index (χ2n) is 5.42. The molecule has 1 fully saturated rings. The molecule has 7 heteroatoms. The summed E-state index contributed by atoms with van der Waals surface area (Å²) in [5.41, 5.74) is 1.89. The second kappa shape index (κ2) is 5.41. The standard InChI is InChI=1S/C15H14ClN3O2S/c1-10-9-19(4-5-22(10,20)21)15-11(7-17)8-18-14-3-2-12(16)6-13(14)15/h2-3,6,8,10H,4-5,9H2,1H3. The molecule has 1 aliphatic heterocycles. The Bertz CT molecular complexity index is 890. The molecule has 22 heavy (non-hydrogen) atoms. The van der Waals surface area contributed by atoms with Crippen molar-refractivity contribution in [3.05, 3.63) is 35.0 Å². The Morgan fingerprint density at radius 2 is 2.23 bits per heavy atom. The molecule has 114 valence electrons. The summed E-state index contributed by atoms with van der Waals surface area (Å²) in [7, 11) is -3.05. The van der Waals surface area contributed by atoms with Gasteiger partial charge in [-0.2, -0.15) is 5.26 Å². The van der Waals surface area contributed by atoms with Gasteiger partial charge >= 0.3 is 0 Å². The molecule has 2 aromatic rings. The molecule has 2 heterocycles. The van der Waals surface area contributed by atoms with Crippen molar-refractivity contribution in [1.29, 1.82) is 5.26 Å². The zero-order valence-corrected chi connectivity index (χ0v) is 13.5. The van der Waals surface area contributed by atoms with Crippen molar-refractivity contribution >= 4 is 38.0 Å². The van der Waals surface area contributed by atoms with Crippen LogP contribution in [-0.4, -0.2) is 37.5 Å². The quantitative estimate of drug-likeness (QED) is 0.800. The lowest BCUT2D eigenvalue weighted by Crippen LogP contribution is -2.45. The zero-order valence-electron chi connectivity index (χ0n) is 12.0. The second-order valence-corrected chi connectivity index (χ2v) is 8.39. The molecular weight excluding hydrogens is 322 g/mol. The highest BCUT2D eigenvalue weighted by atomic mass is 35.5. The Morgan fingerprint density at radius 1 is 1.45 bits per heavy atom. The van der Waals surface area contributed by atoms with E-state index in [1.54, 1.807) is 25.1 Å². The lowest BCUT2D eigenvalue weighted by Gasteiger charge is -2.33. The van der Waals surface area contributed by atoms with Gasteiger partial charge in [-0.25, -0.2) is 8.42 Å². The Morgan fingerprint density at radius 3 is 2.91 bits per heavy atom. The molecule has 0 aliphatic carbocycles. The molecule has 1 aromatic carbocycles. The van der Waals surface area contributed by atoms with Crippen molar-refractivity contribution in [3.63, 3.8) is 0 Å². The summed E-state index contributed by atoms with van der Waals surface area (Å²) in [6, 6.07) is 7.46. The molecule has 1 aliphatic rings. The Kier molecular flexibility index (Phi) is 3.71. The fourth-order valence-electron chi connectivity index (χ4n) is 2.73. The largest absolute Gasteiger partial charge is 0.368 e. The molecule has 0 amide bonds. The van der Waals surface area contributed by atoms with Crippen LogP contribution in [0.4, 0.5) is 5.69 Å². The first-order valence-corrected chi connectivity index (χ1v) is 8.96. The maximum absolute atomic E-state index is 11.9. The van der Waals surface area contributed by atoms with Crippen molar-refractivity contribution in [2.45, 2.75) is 12.2 Å². The maximum atomic E-state index is 11.9. The molecule has 5 nitrogen and oxygen atoms in total. The molecule has 0 radical (unpaired) electrons. The highest BCUT2D eigenvalue weighted by Crippen LogP contribution is 2.33. The van der Waals surface area contributed by atoms with Gasteiger partial charge in [-0.15, -0.1) is 0 Å². The van der Waals surface area contributed by atoms with Crippen LogP contribution in [0, 0.1) is 11.3 Å². The summed E-state index contributed by atoms with van der Waals surface area (Å²) in [6.45, 7) is 2.43. The molecule has 3 rings (SSSR count). The molecule has 1 atom stereocenters. The van der Waals surface area contributed by atoms with Crippen LogP contribution in [0.25, 0.3) is 10.9 Å². The van der Waals surface area contributed by atoms with E-state index in [0.717, 1.165) is 16.6 Å². The highest BCUT2D eigenvalue weighted by Gasteiger charge is 2.31. The van der Waals surface area contributed by atoms with E-state index in [4.69, 9.17) is 11.6 Å². The van der Waals surface area contributed by atoms with Crippen LogP contribution in [0.2, 0.25) is 5.02 Å². The molecule has 1 aromatic heterocycles. The van der Waals surface area contributed by atoms with Crippen molar-refractivity contribution in [2.24, 2.45) is 0 Å². The molecule has 0 saturated carbocycles. The summed E-state index contributed by atoms with van der Waals surface area (Å²) in [6.07, 6.45) is 1.53. The average molecular weight is 336 g/mol. The smallest absolute Gasteiger partial charge is 0.156 e. The maximum Gasteiger partial charge on any atom is 0.156 e. The molecule has 0 spiro atoms. The molecule has 0 N–H and O–H groups in total. The molecule has 0 bridgehead atoms. The Hall–Kier alpha value is -1.84. The Labute approximate surface area is 134 Å². The van der Waals surface area contributed by atoms with Gasteiger partial charge in [0.25, 0.3) is 0 Å². The molecular formula is C15H14ClN3O2S. The van der Waals surface area contributed by atoms with E-state index in [9.17, 15) is 13.7 Å². The highest BCUT2D eigenvalue weighted by molar-refractivity contribution is 7.92. The van der Waals surface area contributed by atoms with E-state index in [0.29, 0.717) is 23.7 Å². The number of nitrogens with zero attached hydrogens (tertiary/aromatic N) is 3. The van der Waals surface area contributed by atoms with Gasteiger partial charge in [0.2, 0.25) is 0 Å². The van der Waals surface area contributed by atoms with Gasteiger partial charge in [0.15, 0.2) is 9.84 Å². The van der Waals surface area contributed by atoms with Crippen LogP contribution in [0.15, 0.2) is 24.4 Å². The summed E-state index contributed by atoms with van der Waals surface area (Å²) in [4.78, 5) is 6.22. The van der Waals surface area contributed by atoms with E-state index >= 15 is 0 Å². The minimum atomic E-state index is -3.05. The normalized spacial score (nSPS) is 20.8. The lowest BCUT2D eigenvalue weighted by atomic mass is 10.1. The summed E-state index contributed by atoms with van der Waals surface area (Å²) >= 11 is 6.07. The number of hydrogen-bond donors (Lipinski definition) is 0. The van der Waals surface area contributed by atoms with Gasteiger partial charge in [-0.1, -0.05) is 11.6 Å². The van der Waals surface area contributed by atoms with E-state index in [1.165, 1.54) is 6.20 Å². The number of pyridine rings is 1. The number of anilines is 1. The van der Waals surface area contributed by atoms with Gasteiger partial charge in [0, 0.05) is 29.7 Å². The third-order valence-corrected chi connectivity index (χ3v) is 6.34. The molecule has 1 unspecified atom stereocenters. The van der Waals surface area contributed by atoms with Gasteiger partial charge < -0.3 is 4.90 Å². The summed E-state index contributed by atoms with van der Waals surface area (Å²) in [5, 5.41) is 10.3. The summed E-state index contributed by atoms with van der Waals surface area (Å²) < 4.78 is 23.8. The fraction of sp³-hybridized carbons (Fsp3) is 0.333. The van der Waals surface area contributed by atoms with Gasteiger partial charge in [0.05, 0.1) is 27.8 Å². The van der Waals surface area contributed by atoms with Gasteiger partial charge in [-0.05, 0) is 25.1 Å². The van der Waals surface area contributed by atoms with E-state index < -0.39 is 15.1 Å². The first kappa shape index (κ1) is 15.1. The fourth-order valence-corrected chi connectivity index (χ4v) is 4.19. The minimum Gasteiger partial charge on any atom is -0.368 e. The SMILES string of the molecule is CC1CN(c2c(C#N)cnc3ccc(Cl)cc23)CCS1(=O)=O. The number of hydrogen-bond acceptors (Lipinski definition) is 5. The first-order valence-electron chi connectivity index (χ1n) is 6.87. The van der Waals surface area contributed by atoms with Crippen LogP contribution in [-0.2, 0) is 9.84 Å². The van der Waals surface area contributed by atoms with E-state index in [2.05, 4.69) is 11.1 Å². The van der Waals surface area contributed by atoms with Crippen LogP contribution in [0.5, 0.6) is 0 Å². The number of nitriles is 1. The van der Waals surface area contributed by atoms with Gasteiger partial charge in [0.1, 0.15) is 6.07 Å². The number of halogens is 1. The van der Waals surface area contributed by atoms with Crippen LogP contribution < -0.4 is 4.90 Å². The number of rotatable bonds is 1. The van der Waals surface area contributed by atoms with E-state index in [-0.39, 0.29) is 5.75 Å². The van der Waals surface area contributed by atoms with Crippen molar-refractivity contribution in [3.8, 4) is 6.07 Å². The number of fused-ring (bicyclic) bond motifs is 1. The number of sulfone groups is 1.